The third kappa shape index (κ3) is 3.73. The molecule has 0 radical (unpaired) electrons. The topological polar surface area (TPSA) is 29.3 Å². The van der Waals surface area contributed by atoms with E-state index in [2.05, 4.69) is 68.4 Å². The zero-order valence-electron chi connectivity index (χ0n) is 13.5. The molecule has 21 heavy (non-hydrogen) atoms. The molecule has 0 amide bonds. The van der Waals surface area contributed by atoms with Crippen LogP contribution in [0.2, 0.25) is 0 Å². The van der Waals surface area contributed by atoms with E-state index >= 15 is 0 Å². The molecule has 2 rings (SSSR count). The van der Waals surface area contributed by atoms with Crippen molar-refractivity contribution in [2.75, 3.05) is 7.05 Å². The van der Waals surface area contributed by atoms with Crippen LogP contribution in [0.3, 0.4) is 0 Å². The van der Waals surface area contributed by atoms with Gasteiger partial charge in [0.2, 0.25) is 0 Å². The highest BCUT2D eigenvalue weighted by molar-refractivity contribution is 7.10. The normalized spacial score (nSPS) is 14.4. The van der Waals surface area contributed by atoms with Gasteiger partial charge >= 0.3 is 0 Å². The van der Waals surface area contributed by atoms with Gasteiger partial charge in [-0.2, -0.15) is 0 Å². The molecule has 0 saturated heterocycles. The van der Waals surface area contributed by atoms with Crippen molar-refractivity contribution < 1.29 is 0 Å². The van der Waals surface area contributed by atoms with Crippen LogP contribution in [0.25, 0.3) is 0 Å². The highest BCUT2D eigenvalue weighted by atomic mass is 32.1. The molecule has 1 aromatic heterocycles. The van der Waals surface area contributed by atoms with Crippen LogP contribution in [0, 0.1) is 13.8 Å². The zero-order valence-corrected chi connectivity index (χ0v) is 14.3. The highest BCUT2D eigenvalue weighted by Crippen LogP contribution is 2.32. The number of nitrogens with two attached hydrogens (primary N) is 1. The lowest BCUT2D eigenvalue weighted by Crippen LogP contribution is -2.38. The van der Waals surface area contributed by atoms with E-state index in [1.807, 2.05) is 11.3 Å². The Morgan fingerprint density at radius 2 is 1.86 bits per heavy atom. The number of hydrogen-bond acceptors (Lipinski definition) is 3. The van der Waals surface area contributed by atoms with Gasteiger partial charge in [-0.15, -0.1) is 11.3 Å². The first-order valence-electron chi connectivity index (χ1n) is 7.59. The molecular formula is C18H26N2S. The van der Waals surface area contributed by atoms with Gasteiger partial charge in [0.1, 0.15) is 0 Å². The Morgan fingerprint density at radius 1 is 1.14 bits per heavy atom. The number of likely N-dealkylation sites (N-methyl/N-ethyl adjacent to an activating group) is 1. The first-order chi connectivity index (χ1) is 10.0. The van der Waals surface area contributed by atoms with Gasteiger partial charge in [0.15, 0.2) is 0 Å². The van der Waals surface area contributed by atoms with Crippen molar-refractivity contribution in [1.29, 1.82) is 0 Å². The highest BCUT2D eigenvalue weighted by Gasteiger charge is 2.25. The summed E-state index contributed by atoms with van der Waals surface area (Å²) in [4.78, 5) is 3.80. The van der Waals surface area contributed by atoms with E-state index in [4.69, 9.17) is 5.73 Å². The maximum absolute atomic E-state index is 6.43. The summed E-state index contributed by atoms with van der Waals surface area (Å²) in [5, 5.41) is 2.17. The molecule has 0 bridgehead atoms. The summed E-state index contributed by atoms with van der Waals surface area (Å²) >= 11 is 1.82. The van der Waals surface area contributed by atoms with Crippen LogP contribution in [-0.2, 0) is 6.54 Å². The van der Waals surface area contributed by atoms with Crippen molar-refractivity contribution in [2.24, 2.45) is 5.73 Å². The number of thiophene rings is 1. The van der Waals surface area contributed by atoms with E-state index in [1.165, 1.54) is 21.6 Å². The van der Waals surface area contributed by atoms with Crippen LogP contribution in [0.4, 0.5) is 0 Å². The fourth-order valence-corrected chi connectivity index (χ4v) is 3.95. The number of rotatable bonds is 6. The number of aryl methyl sites for hydroxylation is 2. The lowest BCUT2D eigenvalue weighted by Gasteiger charge is -2.32. The van der Waals surface area contributed by atoms with Crippen LogP contribution in [0.5, 0.6) is 0 Å². The van der Waals surface area contributed by atoms with Crippen molar-refractivity contribution >= 4 is 11.3 Å². The monoisotopic (exact) mass is 302 g/mol. The van der Waals surface area contributed by atoms with Crippen molar-refractivity contribution in [2.45, 2.75) is 45.8 Å². The smallest absolute Gasteiger partial charge is 0.0596 e. The van der Waals surface area contributed by atoms with E-state index in [1.54, 1.807) is 0 Å². The first kappa shape index (κ1) is 16.2. The molecule has 0 aliphatic rings. The van der Waals surface area contributed by atoms with Crippen molar-refractivity contribution in [3.63, 3.8) is 0 Å². The van der Waals surface area contributed by atoms with Gasteiger partial charge in [-0.25, -0.2) is 0 Å². The van der Waals surface area contributed by atoms with Gasteiger partial charge in [-0.05, 0) is 55.5 Å². The van der Waals surface area contributed by atoms with Crippen LogP contribution in [0.1, 0.15) is 41.0 Å². The van der Waals surface area contributed by atoms with Crippen molar-refractivity contribution in [3.05, 3.63) is 57.3 Å². The summed E-state index contributed by atoms with van der Waals surface area (Å²) in [6.45, 7) is 7.46. The van der Waals surface area contributed by atoms with Gasteiger partial charge in [-0.3, -0.25) is 4.90 Å². The molecule has 0 aliphatic carbocycles. The minimum absolute atomic E-state index is 0.163. The Hall–Kier alpha value is -1.16. The molecule has 1 heterocycles. The largest absolute Gasteiger partial charge is 0.326 e. The summed E-state index contributed by atoms with van der Waals surface area (Å²) in [7, 11) is 2.19. The summed E-state index contributed by atoms with van der Waals surface area (Å²) in [5.41, 5.74) is 10.5. The Bertz CT molecular complexity index is 576. The predicted octanol–water partition coefficient (Wildman–Crippen LogP) is 4.28. The average molecular weight is 302 g/mol. The second-order valence-electron chi connectivity index (χ2n) is 5.83. The minimum atomic E-state index is 0.163. The molecule has 2 N–H and O–H groups in total. The van der Waals surface area contributed by atoms with E-state index in [9.17, 15) is 0 Å². The molecule has 0 saturated carbocycles. The summed E-state index contributed by atoms with van der Waals surface area (Å²) in [6.07, 6.45) is 0.986. The standard InChI is InChI=1S/C18H26N2S/c1-5-16(19)17(18-14(3)10-11-21-18)20(4)12-15-9-7-6-8-13(15)2/h6-11,16-17H,5,12,19H2,1-4H3. The van der Waals surface area contributed by atoms with E-state index < -0.39 is 0 Å². The van der Waals surface area contributed by atoms with Crippen molar-refractivity contribution in [1.82, 2.24) is 4.90 Å². The van der Waals surface area contributed by atoms with E-state index in [-0.39, 0.29) is 12.1 Å². The maximum atomic E-state index is 6.43. The first-order valence-corrected chi connectivity index (χ1v) is 8.46. The quantitative estimate of drug-likeness (QED) is 0.863. The Labute approximate surface area is 132 Å². The molecule has 1 aromatic carbocycles. The maximum Gasteiger partial charge on any atom is 0.0596 e. The molecule has 0 spiro atoms. The number of benzene rings is 1. The lowest BCUT2D eigenvalue weighted by molar-refractivity contribution is 0.204. The fourth-order valence-electron chi connectivity index (χ4n) is 2.79. The van der Waals surface area contributed by atoms with Crippen LogP contribution < -0.4 is 5.73 Å². The number of nitrogens with zero attached hydrogens (tertiary/aromatic N) is 1. The van der Waals surface area contributed by atoms with Gasteiger partial charge in [0.25, 0.3) is 0 Å². The summed E-state index contributed by atoms with van der Waals surface area (Å²) in [5.74, 6) is 0. The van der Waals surface area contributed by atoms with Crippen LogP contribution in [0.15, 0.2) is 35.7 Å². The third-order valence-electron chi connectivity index (χ3n) is 4.20. The van der Waals surface area contributed by atoms with Crippen molar-refractivity contribution in [3.8, 4) is 0 Å². The van der Waals surface area contributed by atoms with Crippen LogP contribution >= 0.6 is 11.3 Å². The van der Waals surface area contributed by atoms with E-state index in [0.717, 1.165) is 13.0 Å². The Kier molecular flexibility index (Phi) is 5.57. The molecule has 0 fully saturated rings. The van der Waals surface area contributed by atoms with Gasteiger partial charge in [0, 0.05) is 17.5 Å². The molecule has 2 atom stereocenters. The summed E-state index contributed by atoms with van der Waals surface area (Å²) in [6, 6.07) is 11.2. The zero-order chi connectivity index (χ0) is 15.4. The number of hydrogen-bond donors (Lipinski definition) is 1. The predicted molar refractivity (Wildman–Crippen MR) is 92.7 cm³/mol. The average Bonchev–Trinajstić information content (AvgIpc) is 2.87. The fraction of sp³-hybridized carbons (Fsp3) is 0.444. The minimum Gasteiger partial charge on any atom is -0.326 e. The molecule has 2 aromatic rings. The third-order valence-corrected chi connectivity index (χ3v) is 5.29. The lowest BCUT2D eigenvalue weighted by atomic mass is 9.99. The Balaban J connectivity index is 2.25. The molecule has 0 aliphatic heterocycles. The van der Waals surface area contributed by atoms with Gasteiger partial charge in [0.05, 0.1) is 6.04 Å². The molecule has 3 heteroatoms. The second-order valence-corrected chi connectivity index (χ2v) is 6.77. The van der Waals surface area contributed by atoms with Gasteiger partial charge < -0.3 is 5.73 Å². The van der Waals surface area contributed by atoms with Gasteiger partial charge in [-0.1, -0.05) is 31.2 Å². The summed E-state index contributed by atoms with van der Waals surface area (Å²) < 4.78 is 0. The molecule has 2 unspecified atom stereocenters. The van der Waals surface area contributed by atoms with E-state index in [0.29, 0.717) is 0 Å². The SMILES string of the molecule is CCC(N)C(c1sccc1C)N(C)Cc1ccccc1C. The Morgan fingerprint density at radius 3 is 2.43 bits per heavy atom. The molecule has 114 valence electrons. The molecule has 2 nitrogen and oxygen atoms in total. The molecular weight excluding hydrogens is 276 g/mol. The second kappa shape index (κ2) is 7.21. The van der Waals surface area contributed by atoms with Crippen LogP contribution in [-0.4, -0.2) is 18.0 Å².